The molecular formula is C21H21FN2O3. The van der Waals surface area contributed by atoms with Crippen molar-refractivity contribution in [1.82, 2.24) is 4.90 Å². The zero-order valence-electron chi connectivity index (χ0n) is 14.9. The molecule has 0 bridgehead atoms. The van der Waals surface area contributed by atoms with Crippen LogP contribution in [0.25, 0.3) is 0 Å². The zero-order chi connectivity index (χ0) is 18.9. The monoisotopic (exact) mass is 368 g/mol. The number of rotatable bonds is 5. The van der Waals surface area contributed by atoms with Crippen molar-refractivity contribution in [3.8, 4) is 5.75 Å². The average Bonchev–Trinajstić information content (AvgIpc) is 3.21. The van der Waals surface area contributed by atoms with Crippen LogP contribution in [0.4, 0.5) is 10.1 Å². The Bertz CT molecular complexity index is 858. The maximum Gasteiger partial charge on any atom is 0.260 e. The molecule has 1 saturated carbocycles. The predicted molar refractivity (Wildman–Crippen MR) is 98.7 cm³/mol. The van der Waals surface area contributed by atoms with Crippen LogP contribution in [0, 0.1) is 17.2 Å². The van der Waals surface area contributed by atoms with E-state index in [0.717, 1.165) is 12.8 Å². The van der Waals surface area contributed by atoms with Crippen LogP contribution in [0.5, 0.6) is 5.75 Å². The van der Waals surface area contributed by atoms with E-state index in [9.17, 15) is 14.0 Å². The smallest absolute Gasteiger partial charge is 0.260 e. The Hall–Kier alpha value is -2.89. The molecule has 2 fully saturated rings. The molecular weight excluding hydrogens is 347 g/mol. The third-order valence-corrected chi connectivity index (χ3v) is 5.44. The topological polar surface area (TPSA) is 58.6 Å². The molecule has 140 valence electrons. The number of nitrogens with zero attached hydrogens (tertiary/aromatic N) is 1. The fourth-order valence-electron chi connectivity index (χ4n) is 3.83. The SMILES string of the molecule is O=C(Nc1cccc(F)c1)[C@@H]1C[C@@]12CCN(C(=O)COc1ccccc1)C2. The van der Waals surface area contributed by atoms with Gasteiger partial charge >= 0.3 is 0 Å². The summed E-state index contributed by atoms with van der Waals surface area (Å²) in [6.07, 6.45) is 1.57. The van der Waals surface area contributed by atoms with Gasteiger partial charge in [-0.25, -0.2) is 4.39 Å². The Kier molecular flexibility index (Phi) is 4.56. The zero-order valence-corrected chi connectivity index (χ0v) is 14.9. The van der Waals surface area contributed by atoms with E-state index in [1.54, 1.807) is 17.0 Å². The van der Waals surface area contributed by atoms with Gasteiger partial charge in [0.1, 0.15) is 11.6 Å². The molecule has 1 spiro atoms. The van der Waals surface area contributed by atoms with Gasteiger partial charge in [0.25, 0.3) is 5.91 Å². The summed E-state index contributed by atoms with van der Waals surface area (Å²) >= 11 is 0. The first-order valence-corrected chi connectivity index (χ1v) is 9.08. The highest BCUT2D eigenvalue weighted by molar-refractivity contribution is 5.95. The van der Waals surface area contributed by atoms with Crippen LogP contribution in [0.1, 0.15) is 12.8 Å². The summed E-state index contributed by atoms with van der Waals surface area (Å²) in [5.41, 5.74) is 0.323. The Balaban J connectivity index is 1.29. The normalized spacial score (nSPS) is 23.3. The number of carbonyl (C=O) groups excluding carboxylic acids is 2. The van der Waals surface area contributed by atoms with E-state index in [2.05, 4.69) is 5.32 Å². The quantitative estimate of drug-likeness (QED) is 0.882. The highest BCUT2D eigenvalue weighted by atomic mass is 19.1. The van der Waals surface area contributed by atoms with Gasteiger partial charge < -0.3 is 15.0 Å². The van der Waals surface area contributed by atoms with Crippen LogP contribution in [-0.2, 0) is 9.59 Å². The largest absolute Gasteiger partial charge is 0.484 e. The van der Waals surface area contributed by atoms with Crippen molar-refractivity contribution in [3.63, 3.8) is 0 Å². The van der Waals surface area contributed by atoms with Crippen molar-refractivity contribution in [2.45, 2.75) is 12.8 Å². The van der Waals surface area contributed by atoms with Crippen LogP contribution in [0.15, 0.2) is 54.6 Å². The second kappa shape index (κ2) is 7.02. The Morgan fingerprint density at radius 2 is 2.00 bits per heavy atom. The standard InChI is InChI=1S/C21H21FN2O3/c22-15-5-4-6-16(11-15)23-20(26)18-12-21(18)9-10-24(14-21)19(25)13-27-17-7-2-1-3-8-17/h1-8,11,18H,9-10,12-14H2,(H,23,26)/t18-,21+/m0/s1. The number of amides is 2. The van der Waals surface area contributed by atoms with E-state index in [1.165, 1.54) is 12.1 Å². The predicted octanol–water partition coefficient (Wildman–Crippen LogP) is 3.08. The number of anilines is 1. The van der Waals surface area contributed by atoms with Crippen LogP contribution < -0.4 is 10.1 Å². The number of ether oxygens (including phenoxy) is 1. The summed E-state index contributed by atoms with van der Waals surface area (Å²) in [6.45, 7) is 1.21. The number of hydrogen-bond donors (Lipinski definition) is 1. The number of likely N-dealkylation sites (tertiary alicyclic amines) is 1. The second-order valence-electron chi connectivity index (χ2n) is 7.29. The maximum atomic E-state index is 13.3. The van der Waals surface area contributed by atoms with Crippen LogP contribution in [0.2, 0.25) is 0 Å². The van der Waals surface area contributed by atoms with Gasteiger partial charge in [0.15, 0.2) is 6.61 Å². The van der Waals surface area contributed by atoms with Gasteiger partial charge in [-0.1, -0.05) is 24.3 Å². The number of hydrogen-bond acceptors (Lipinski definition) is 3. The van der Waals surface area contributed by atoms with Crippen molar-refractivity contribution in [2.24, 2.45) is 11.3 Å². The molecule has 5 nitrogen and oxygen atoms in total. The average molecular weight is 368 g/mol. The first kappa shape index (κ1) is 17.5. The lowest BCUT2D eigenvalue weighted by molar-refractivity contribution is -0.132. The molecule has 2 amide bonds. The first-order chi connectivity index (χ1) is 13.1. The van der Waals surface area contributed by atoms with Crippen molar-refractivity contribution in [3.05, 3.63) is 60.4 Å². The summed E-state index contributed by atoms with van der Waals surface area (Å²) in [5, 5.41) is 2.78. The number of nitrogens with one attached hydrogen (secondary N) is 1. The van der Waals surface area contributed by atoms with E-state index in [1.807, 2.05) is 30.3 Å². The lowest BCUT2D eigenvalue weighted by Crippen LogP contribution is -2.33. The number of carbonyl (C=O) groups is 2. The lowest BCUT2D eigenvalue weighted by atomic mass is 10.0. The molecule has 1 aliphatic carbocycles. The van der Waals surface area contributed by atoms with Gasteiger partial charge in [-0.3, -0.25) is 9.59 Å². The molecule has 0 unspecified atom stereocenters. The summed E-state index contributed by atoms with van der Waals surface area (Å²) in [5.74, 6) is -0.0103. The van der Waals surface area contributed by atoms with E-state index in [4.69, 9.17) is 4.74 Å². The van der Waals surface area contributed by atoms with Crippen LogP contribution >= 0.6 is 0 Å². The minimum absolute atomic E-state index is 0.000247. The Morgan fingerprint density at radius 1 is 1.19 bits per heavy atom. The molecule has 2 atom stereocenters. The minimum Gasteiger partial charge on any atom is -0.484 e. The fourth-order valence-corrected chi connectivity index (χ4v) is 3.83. The van der Waals surface area contributed by atoms with E-state index in [0.29, 0.717) is 24.5 Å². The maximum absolute atomic E-state index is 13.3. The van der Waals surface area contributed by atoms with Crippen LogP contribution in [0.3, 0.4) is 0 Å². The number of benzene rings is 2. The van der Waals surface area contributed by atoms with Gasteiger partial charge in [-0.05, 0) is 43.2 Å². The minimum atomic E-state index is -0.380. The van der Waals surface area contributed by atoms with Gasteiger partial charge in [0, 0.05) is 30.1 Å². The molecule has 2 aromatic rings. The molecule has 1 aliphatic heterocycles. The van der Waals surface area contributed by atoms with Gasteiger partial charge in [0.2, 0.25) is 5.91 Å². The van der Waals surface area contributed by atoms with Crippen molar-refractivity contribution < 1.29 is 18.7 Å². The third kappa shape index (κ3) is 3.79. The Morgan fingerprint density at radius 3 is 2.78 bits per heavy atom. The lowest BCUT2D eigenvalue weighted by Gasteiger charge is -2.17. The molecule has 1 heterocycles. The molecule has 0 aromatic heterocycles. The molecule has 27 heavy (non-hydrogen) atoms. The van der Waals surface area contributed by atoms with E-state index in [-0.39, 0.29) is 35.6 Å². The molecule has 4 rings (SSSR count). The first-order valence-electron chi connectivity index (χ1n) is 9.08. The highest BCUT2D eigenvalue weighted by Gasteiger charge is 2.61. The fraction of sp³-hybridized carbons (Fsp3) is 0.333. The molecule has 2 aromatic carbocycles. The summed E-state index contributed by atoms with van der Waals surface area (Å²) < 4.78 is 18.8. The van der Waals surface area contributed by atoms with Gasteiger partial charge in [-0.2, -0.15) is 0 Å². The van der Waals surface area contributed by atoms with Crippen LogP contribution in [-0.4, -0.2) is 36.4 Å². The van der Waals surface area contributed by atoms with Gasteiger partial charge in [-0.15, -0.1) is 0 Å². The van der Waals surface area contributed by atoms with Crippen molar-refractivity contribution in [2.75, 3.05) is 25.0 Å². The molecule has 6 heteroatoms. The van der Waals surface area contributed by atoms with Crippen molar-refractivity contribution >= 4 is 17.5 Å². The highest BCUT2D eigenvalue weighted by Crippen LogP contribution is 2.58. The number of para-hydroxylation sites is 1. The Labute approximate surface area is 157 Å². The summed E-state index contributed by atoms with van der Waals surface area (Å²) in [7, 11) is 0. The molecule has 2 aliphatic rings. The summed E-state index contributed by atoms with van der Waals surface area (Å²) in [6, 6.07) is 15.1. The molecule has 1 N–H and O–H groups in total. The van der Waals surface area contributed by atoms with E-state index < -0.39 is 0 Å². The summed E-state index contributed by atoms with van der Waals surface area (Å²) in [4.78, 5) is 26.6. The second-order valence-corrected chi connectivity index (χ2v) is 7.29. The molecule has 0 radical (unpaired) electrons. The van der Waals surface area contributed by atoms with E-state index >= 15 is 0 Å². The molecule has 1 saturated heterocycles. The number of halogens is 1. The third-order valence-electron chi connectivity index (χ3n) is 5.44. The van der Waals surface area contributed by atoms with Gasteiger partial charge in [0.05, 0.1) is 0 Å². The van der Waals surface area contributed by atoms with Crippen molar-refractivity contribution in [1.29, 1.82) is 0 Å².